The van der Waals surface area contributed by atoms with Gasteiger partial charge in [-0.25, -0.2) is 4.68 Å². The zero-order chi connectivity index (χ0) is 48.3. The average Bonchev–Trinajstić information content (AvgIpc) is 3.93. The second-order valence-electron chi connectivity index (χ2n) is 14.4. The van der Waals surface area contributed by atoms with E-state index in [2.05, 4.69) is 30.6 Å². The number of nitrogen functional groups attached to an aromatic ring is 1. The van der Waals surface area contributed by atoms with E-state index < -0.39 is 12.1 Å². The van der Waals surface area contributed by atoms with Crippen LogP contribution in [0.5, 0.6) is 12.0 Å². The number of anilines is 1. The van der Waals surface area contributed by atoms with E-state index in [9.17, 15) is 14.7 Å². The molecule has 380 valence electrons. The standard InChI is InChI=1S/C43H67N9O16/c1-57-10-28-68-42-47-40(44)39-41(48-42)52(43(56)46-39)31-34-2-4-35(5-3-34)37(30-45-33-53)67-29-27-66-26-25-65-24-23-64-22-21-63-20-19-62-18-17-61-16-15-60-14-13-59-12-11-58-9-8-51-32-36(49-50-51)6-7-38(54)55/h2-5,32-33,37H,6-31H2,1H3,(H,45,53)(H,46,56)(H,54,55)(H2,44,47,48). The molecule has 0 aliphatic carbocycles. The van der Waals surface area contributed by atoms with Crippen LogP contribution in [-0.4, -0.2) is 210 Å². The van der Waals surface area contributed by atoms with Crippen molar-refractivity contribution in [3.63, 3.8) is 0 Å². The number of carboxylic acids is 1. The molecule has 0 fully saturated rings. The number of carbonyl (C=O) groups excluding carboxylic acids is 1. The van der Waals surface area contributed by atoms with Crippen molar-refractivity contribution in [1.29, 1.82) is 0 Å². The van der Waals surface area contributed by atoms with E-state index in [4.69, 9.17) is 67.7 Å². The summed E-state index contributed by atoms with van der Waals surface area (Å²) in [5.74, 6) is -0.779. The number of ether oxygens (including phenoxy) is 12. The molecule has 0 saturated heterocycles. The molecule has 25 heteroatoms. The van der Waals surface area contributed by atoms with Gasteiger partial charge in [0.1, 0.15) is 6.61 Å². The highest BCUT2D eigenvalue weighted by Crippen LogP contribution is 2.26. The maximum absolute atomic E-state index is 11.1. The molecule has 1 unspecified atom stereocenters. The number of aryl methyl sites for hydroxylation is 1. The largest absolute Gasteiger partial charge is 0.481 e. The summed E-state index contributed by atoms with van der Waals surface area (Å²) < 4.78 is 69.5. The molecule has 4 rings (SSSR count). The lowest BCUT2D eigenvalue weighted by Crippen LogP contribution is -2.23. The van der Waals surface area contributed by atoms with E-state index in [1.165, 1.54) is 4.57 Å². The third-order valence-corrected chi connectivity index (χ3v) is 9.35. The predicted molar refractivity (Wildman–Crippen MR) is 240 cm³/mol. The Morgan fingerprint density at radius 3 is 1.76 bits per heavy atom. The summed E-state index contributed by atoms with van der Waals surface area (Å²) in [5, 5.41) is 29.9. The van der Waals surface area contributed by atoms with E-state index in [-0.39, 0.29) is 49.5 Å². The van der Waals surface area contributed by atoms with E-state index in [1.807, 2.05) is 24.3 Å². The first kappa shape index (κ1) is 55.4. The Kier molecular flexibility index (Phi) is 28.5. The zero-order valence-electron chi connectivity index (χ0n) is 38.7. The molecule has 5 N–H and O–H groups in total. The van der Waals surface area contributed by atoms with Crippen molar-refractivity contribution >= 4 is 29.4 Å². The first-order valence-corrected chi connectivity index (χ1v) is 22.4. The number of aromatic hydroxyl groups is 1. The molecule has 0 bridgehead atoms. The molecule has 3 heterocycles. The van der Waals surface area contributed by atoms with Gasteiger partial charge in [-0.2, -0.15) is 15.0 Å². The quantitative estimate of drug-likeness (QED) is 0.0346. The molecule has 4 aromatic rings. The van der Waals surface area contributed by atoms with E-state index >= 15 is 0 Å². The van der Waals surface area contributed by atoms with Crippen molar-refractivity contribution in [2.24, 2.45) is 0 Å². The van der Waals surface area contributed by atoms with Crippen molar-refractivity contribution in [3.05, 3.63) is 47.3 Å². The summed E-state index contributed by atoms with van der Waals surface area (Å²) in [6, 6.07) is 7.34. The van der Waals surface area contributed by atoms with Crippen LogP contribution in [0.15, 0.2) is 30.5 Å². The Bertz CT molecular complexity index is 1940. The zero-order valence-corrected chi connectivity index (χ0v) is 38.7. The van der Waals surface area contributed by atoms with Gasteiger partial charge in [-0.15, -0.1) is 5.10 Å². The number of benzene rings is 1. The number of hydrogen-bond acceptors (Lipinski definition) is 21. The van der Waals surface area contributed by atoms with Crippen LogP contribution in [0.4, 0.5) is 5.82 Å². The summed E-state index contributed by atoms with van der Waals surface area (Å²) in [7, 11) is 1.56. The number of aromatic nitrogens is 7. The van der Waals surface area contributed by atoms with Gasteiger partial charge in [0.2, 0.25) is 6.41 Å². The van der Waals surface area contributed by atoms with Crippen LogP contribution < -0.4 is 15.8 Å². The van der Waals surface area contributed by atoms with Gasteiger partial charge in [0, 0.05) is 26.3 Å². The number of nitrogens with one attached hydrogen (secondary N) is 1. The molecule has 1 amide bonds. The number of imidazole rings is 1. The van der Waals surface area contributed by atoms with Crippen molar-refractivity contribution in [2.75, 3.05) is 158 Å². The molecule has 0 spiro atoms. The van der Waals surface area contributed by atoms with Gasteiger partial charge in [0.15, 0.2) is 17.0 Å². The van der Waals surface area contributed by atoms with E-state index in [0.717, 1.165) is 11.1 Å². The third kappa shape index (κ3) is 23.2. The van der Waals surface area contributed by atoms with Crippen LogP contribution in [0.3, 0.4) is 0 Å². The fourth-order valence-electron chi connectivity index (χ4n) is 5.93. The van der Waals surface area contributed by atoms with Crippen LogP contribution in [-0.2, 0) is 81.2 Å². The minimum Gasteiger partial charge on any atom is -0.481 e. The van der Waals surface area contributed by atoms with Crippen molar-refractivity contribution in [1.82, 2.24) is 39.8 Å². The number of fused-ring (bicyclic) bond motifs is 1. The Hall–Kier alpha value is -5.19. The monoisotopic (exact) mass is 965 g/mol. The highest BCUT2D eigenvalue weighted by Gasteiger charge is 2.18. The molecule has 68 heavy (non-hydrogen) atoms. The summed E-state index contributed by atoms with van der Waals surface area (Å²) in [4.78, 5) is 34.3. The topological polar surface area (TPSA) is 298 Å². The Morgan fingerprint density at radius 2 is 1.25 bits per heavy atom. The fraction of sp³-hybridized carbons (Fsp3) is 0.651. The maximum Gasteiger partial charge on any atom is 0.320 e. The molecule has 0 aliphatic heterocycles. The number of nitrogens with zero attached hydrogens (tertiary/aromatic N) is 7. The smallest absolute Gasteiger partial charge is 0.320 e. The number of nitrogens with two attached hydrogens (primary N) is 1. The Labute approximate surface area is 394 Å². The molecule has 1 atom stereocenters. The van der Waals surface area contributed by atoms with Crippen molar-refractivity contribution in [2.45, 2.75) is 32.0 Å². The number of carboxylic acid groups (broad SMARTS) is 1. The number of carbonyl (C=O) groups is 2. The Balaban J connectivity index is 0.891. The summed E-state index contributed by atoms with van der Waals surface area (Å²) in [5.41, 5.74) is 8.98. The van der Waals surface area contributed by atoms with Crippen molar-refractivity contribution < 1.29 is 76.6 Å². The first-order valence-electron chi connectivity index (χ1n) is 22.4. The lowest BCUT2D eigenvalue weighted by molar-refractivity contribution is -0.137. The second kappa shape index (κ2) is 35.0. The van der Waals surface area contributed by atoms with Gasteiger partial charge in [-0.1, -0.05) is 29.5 Å². The molecule has 0 saturated carbocycles. The van der Waals surface area contributed by atoms with Crippen LogP contribution in [0.1, 0.15) is 29.3 Å². The summed E-state index contributed by atoms with van der Waals surface area (Å²) in [6.45, 7) is 9.75. The van der Waals surface area contributed by atoms with E-state index in [1.54, 1.807) is 18.0 Å². The SMILES string of the molecule is COCCOc1nc(N)c2nc(O)n(Cc3ccc(C(CNC=O)OCCOCCOCCOCCOCCOCCOCCOCCOCCOCCn4cc(CCC(=O)O)nn4)cc3)c2n1. The molecule has 0 aliphatic rings. The third-order valence-electron chi connectivity index (χ3n) is 9.35. The Morgan fingerprint density at radius 1 is 0.721 bits per heavy atom. The number of amides is 1. The molecule has 3 aromatic heterocycles. The van der Waals surface area contributed by atoms with E-state index in [0.29, 0.717) is 163 Å². The fourth-order valence-corrected chi connectivity index (χ4v) is 5.93. The van der Waals surface area contributed by atoms with Gasteiger partial charge in [-0.3, -0.25) is 14.2 Å². The average molecular weight is 966 g/mol. The van der Waals surface area contributed by atoms with Gasteiger partial charge >= 0.3 is 12.0 Å². The lowest BCUT2D eigenvalue weighted by Gasteiger charge is -2.18. The summed E-state index contributed by atoms with van der Waals surface area (Å²) in [6.07, 6.45) is 2.31. The maximum atomic E-state index is 11.1. The minimum absolute atomic E-state index is 0.0267. The lowest BCUT2D eigenvalue weighted by atomic mass is 10.1. The highest BCUT2D eigenvalue weighted by atomic mass is 16.6. The summed E-state index contributed by atoms with van der Waals surface area (Å²) >= 11 is 0. The number of hydrogen-bond donors (Lipinski definition) is 4. The van der Waals surface area contributed by atoms with Crippen LogP contribution in [0.2, 0.25) is 0 Å². The minimum atomic E-state index is -0.863. The molecule has 25 nitrogen and oxygen atoms in total. The van der Waals surface area contributed by atoms with Crippen LogP contribution >= 0.6 is 0 Å². The second-order valence-corrected chi connectivity index (χ2v) is 14.4. The van der Waals surface area contributed by atoms with Crippen LogP contribution in [0, 0.1) is 0 Å². The van der Waals surface area contributed by atoms with Gasteiger partial charge < -0.3 is 78.1 Å². The van der Waals surface area contributed by atoms with Crippen molar-refractivity contribution in [3.8, 4) is 12.0 Å². The molecular formula is C43H67N9O16. The molecule has 0 radical (unpaired) electrons. The number of methoxy groups -OCH3 is 1. The van der Waals surface area contributed by atoms with Gasteiger partial charge in [0.05, 0.1) is 163 Å². The van der Waals surface area contributed by atoms with Gasteiger partial charge in [-0.05, 0) is 11.1 Å². The number of rotatable bonds is 44. The predicted octanol–water partition coefficient (Wildman–Crippen LogP) is 0.450. The normalized spacial score (nSPS) is 12.0. The van der Waals surface area contributed by atoms with Gasteiger partial charge in [0.25, 0.3) is 6.01 Å². The first-order chi connectivity index (χ1) is 33.4. The number of aliphatic carboxylic acids is 1. The molecule has 1 aromatic carbocycles. The highest BCUT2D eigenvalue weighted by molar-refractivity contribution is 5.83. The molecular weight excluding hydrogens is 899 g/mol. The van der Waals surface area contributed by atoms with Crippen LogP contribution in [0.25, 0.3) is 11.2 Å².